The number of aliphatic hydroxyl groups is 1. The summed E-state index contributed by atoms with van der Waals surface area (Å²) in [5.74, 6) is 0. The summed E-state index contributed by atoms with van der Waals surface area (Å²) in [6.07, 6.45) is 7.93. The van der Waals surface area contributed by atoms with Crippen molar-refractivity contribution >= 4 is 0 Å². The predicted molar refractivity (Wildman–Crippen MR) is 42.8 cm³/mol. The largest absolute Gasteiger partial charge is 0.388 e. The summed E-state index contributed by atoms with van der Waals surface area (Å²) < 4.78 is 0. The van der Waals surface area contributed by atoms with Crippen molar-refractivity contribution in [2.75, 3.05) is 0 Å². The van der Waals surface area contributed by atoms with Crippen LogP contribution in [0.2, 0.25) is 0 Å². The molecule has 0 aromatic rings. The van der Waals surface area contributed by atoms with Crippen molar-refractivity contribution in [3.63, 3.8) is 0 Å². The van der Waals surface area contributed by atoms with Gasteiger partial charge in [-0.2, -0.15) is 0 Å². The molecule has 0 aromatic carbocycles. The summed E-state index contributed by atoms with van der Waals surface area (Å²) in [5, 5.41) is 9.41. The van der Waals surface area contributed by atoms with Gasteiger partial charge in [-0.25, -0.2) is 0 Å². The lowest BCUT2D eigenvalue weighted by molar-refractivity contribution is 0.203. The molecule has 0 saturated heterocycles. The van der Waals surface area contributed by atoms with Crippen molar-refractivity contribution in [3.05, 3.63) is 24.3 Å². The van der Waals surface area contributed by atoms with Crippen LogP contribution in [-0.2, 0) is 0 Å². The summed E-state index contributed by atoms with van der Waals surface area (Å²) >= 11 is 0. The van der Waals surface area contributed by atoms with Gasteiger partial charge in [0.1, 0.15) is 0 Å². The molecular weight excluding hydrogens is 124 g/mol. The molecule has 1 aliphatic rings. The average Bonchev–Trinajstić information content (AvgIpc) is 2.13. The quantitative estimate of drug-likeness (QED) is 0.588. The van der Waals surface area contributed by atoms with Crippen LogP contribution in [0.4, 0.5) is 0 Å². The number of hydrogen-bond acceptors (Lipinski definition) is 1. The van der Waals surface area contributed by atoms with Gasteiger partial charge in [0.05, 0.1) is 6.10 Å². The van der Waals surface area contributed by atoms with Gasteiger partial charge in [0.15, 0.2) is 0 Å². The van der Waals surface area contributed by atoms with Crippen LogP contribution in [-0.4, -0.2) is 11.2 Å². The first kappa shape index (κ1) is 7.55. The summed E-state index contributed by atoms with van der Waals surface area (Å²) in [4.78, 5) is 0. The van der Waals surface area contributed by atoms with Crippen molar-refractivity contribution in [3.8, 4) is 0 Å². The van der Waals surface area contributed by atoms with E-state index in [2.05, 4.69) is 12.7 Å². The highest BCUT2D eigenvalue weighted by Gasteiger charge is 2.09. The van der Waals surface area contributed by atoms with E-state index in [9.17, 15) is 5.11 Å². The maximum Gasteiger partial charge on any atom is 0.0786 e. The zero-order valence-electron chi connectivity index (χ0n) is 6.21. The van der Waals surface area contributed by atoms with Gasteiger partial charge < -0.3 is 5.11 Å². The molecule has 1 aliphatic carbocycles. The molecule has 10 heavy (non-hydrogen) atoms. The van der Waals surface area contributed by atoms with Crippen LogP contribution in [0.25, 0.3) is 0 Å². The molecule has 56 valence electrons. The number of rotatable bonds is 1. The molecule has 1 rings (SSSR count). The molecule has 1 atom stereocenters. The Balaban J connectivity index is 2.61. The van der Waals surface area contributed by atoms with Crippen molar-refractivity contribution < 1.29 is 5.11 Å². The fraction of sp³-hybridized carbons (Fsp3) is 0.556. The molecule has 0 heterocycles. The standard InChI is InChI=1S/C9H14O/c1-2-8-6-4-3-5-7-9(8)10/h2,6,9-10H,1,3-5,7H2. The van der Waals surface area contributed by atoms with Gasteiger partial charge in [0.25, 0.3) is 0 Å². The third-order valence-corrected chi connectivity index (χ3v) is 1.93. The van der Waals surface area contributed by atoms with Gasteiger partial charge in [0, 0.05) is 0 Å². The SMILES string of the molecule is C=CC1=CCCCCC1O. The molecule has 1 N–H and O–H groups in total. The molecule has 1 nitrogen and oxygen atoms in total. The second-order valence-corrected chi connectivity index (χ2v) is 2.71. The number of hydrogen-bond donors (Lipinski definition) is 1. The molecular formula is C9H14O. The summed E-state index contributed by atoms with van der Waals surface area (Å²) in [6, 6.07) is 0. The van der Waals surface area contributed by atoms with Gasteiger partial charge in [-0.1, -0.05) is 25.2 Å². The molecule has 1 unspecified atom stereocenters. The van der Waals surface area contributed by atoms with E-state index in [1.807, 2.05) is 0 Å². The van der Waals surface area contributed by atoms with Gasteiger partial charge in [0.2, 0.25) is 0 Å². The van der Waals surface area contributed by atoms with E-state index in [0.717, 1.165) is 24.8 Å². The smallest absolute Gasteiger partial charge is 0.0786 e. The van der Waals surface area contributed by atoms with Crippen LogP contribution >= 0.6 is 0 Å². The van der Waals surface area contributed by atoms with Crippen LogP contribution in [0.1, 0.15) is 25.7 Å². The van der Waals surface area contributed by atoms with Crippen LogP contribution in [0.15, 0.2) is 24.3 Å². The van der Waals surface area contributed by atoms with Gasteiger partial charge >= 0.3 is 0 Å². The minimum atomic E-state index is -0.250. The Labute approximate surface area is 62.1 Å². The fourth-order valence-electron chi connectivity index (χ4n) is 1.27. The molecule has 0 saturated carbocycles. The highest BCUT2D eigenvalue weighted by Crippen LogP contribution is 2.17. The maximum atomic E-state index is 9.41. The Bertz CT molecular complexity index is 147. The van der Waals surface area contributed by atoms with Crippen LogP contribution in [0, 0.1) is 0 Å². The second kappa shape index (κ2) is 3.57. The fourth-order valence-corrected chi connectivity index (χ4v) is 1.27. The molecule has 0 amide bonds. The van der Waals surface area contributed by atoms with Gasteiger partial charge in [-0.3, -0.25) is 0 Å². The topological polar surface area (TPSA) is 20.2 Å². The summed E-state index contributed by atoms with van der Waals surface area (Å²) in [5.41, 5.74) is 1.01. The van der Waals surface area contributed by atoms with Crippen LogP contribution < -0.4 is 0 Å². The predicted octanol–water partition coefficient (Wildman–Crippen LogP) is 2.03. The minimum Gasteiger partial charge on any atom is -0.388 e. The minimum absolute atomic E-state index is 0.250. The van der Waals surface area contributed by atoms with Crippen molar-refractivity contribution in [1.29, 1.82) is 0 Å². The third-order valence-electron chi connectivity index (χ3n) is 1.93. The zero-order valence-corrected chi connectivity index (χ0v) is 6.21. The second-order valence-electron chi connectivity index (χ2n) is 2.71. The Morgan fingerprint density at radius 1 is 1.60 bits per heavy atom. The number of aliphatic hydroxyl groups excluding tert-OH is 1. The van der Waals surface area contributed by atoms with E-state index >= 15 is 0 Å². The van der Waals surface area contributed by atoms with E-state index in [1.54, 1.807) is 6.08 Å². The van der Waals surface area contributed by atoms with E-state index in [0.29, 0.717) is 0 Å². The maximum absolute atomic E-state index is 9.41. The lowest BCUT2D eigenvalue weighted by Gasteiger charge is -2.06. The number of allylic oxidation sites excluding steroid dienone is 1. The average molecular weight is 138 g/mol. The Morgan fingerprint density at radius 2 is 2.40 bits per heavy atom. The zero-order chi connectivity index (χ0) is 7.40. The van der Waals surface area contributed by atoms with Gasteiger partial charge in [-0.15, -0.1) is 0 Å². The first-order valence-electron chi connectivity index (χ1n) is 3.85. The highest BCUT2D eigenvalue weighted by atomic mass is 16.3. The lowest BCUT2D eigenvalue weighted by Crippen LogP contribution is -2.06. The molecule has 0 spiro atoms. The van der Waals surface area contributed by atoms with E-state index in [1.165, 1.54) is 6.42 Å². The first-order valence-corrected chi connectivity index (χ1v) is 3.85. The Kier molecular flexibility index (Phi) is 2.69. The Morgan fingerprint density at radius 3 is 3.10 bits per heavy atom. The summed E-state index contributed by atoms with van der Waals surface area (Å²) in [7, 11) is 0. The van der Waals surface area contributed by atoms with E-state index in [-0.39, 0.29) is 6.10 Å². The Hall–Kier alpha value is -0.560. The third kappa shape index (κ3) is 1.71. The molecule has 1 heteroatoms. The van der Waals surface area contributed by atoms with Crippen molar-refractivity contribution in [2.24, 2.45) is 0 Å². The highest BCUT2D eigenvalue weighted by molar-refractivity contribution is 5.21. The molecule has 0 aromatic heterocycles. The van der Waals surface area contributed by atoms with E-state index in [4.69, 9.17) is 0 Å². The lowest BCUT2D eigenvalue weighted by atomic mass is 10.1. The van der Waals surface area contributed by atoms with Crippen molar-refractivity contribution in [2.45, 2.75) is 31.8 Å². The molecule has 0 aliphatic heterocycles. The monoisotopic (exact) mass is 138 g/mol. The molecule has 0 radical (unpaired) electrons. The summed E-state index contributed by atoms with van der Waals surface area (Å²) in [6.45, 7) is 3.65. The van der Waals surface area contributed by atoms with Crippen LogP contribution in [0.3, 0.4) is 0 Å². The van der Waals surface area contributed by atoms with Crippen LogP contribution in [0.5, 0.6) is 0 Å². The van der Waals surface area contributed by atoms with E-state index < -0.39 is 0 Å². The molecule has 0 fully saturated rings. The normalized spacial score (nSPS) is 26.9. The van der Waals surface area contributed by atoms with Crippen molar-refractivity contribution in [1.82, 2.24) is 0 Å². The first-order chi connectivity index (χ1) is 4.84. The van der Waals surface area contributed by atoms with Gasteiger partial charge in [-0.05, 0) is 24.8 Å². The molecule has 0 bridgehead atoms.